The Kier molecular flexibility index (Phi) is 6.37. The number of nitrogens with zero attached hydrogens (tertiary/aromatic N) is 2. The molecule has 6 nitrogen and oxygen atoms in total. The number of benzene rings is 3. The number of non-ortho nitro benzene ring substituents is 1. The summed E-state index contributed by atoms with van der Waals surface area (Å²) in [6.45, 7) is 0.520. The highest BCUT2D eigenvalue weighted by atomic mass is 127. The van der Waals surface area contributed by atoms with Crippen LogP contribution in [-0.4, -0.2) is 11.1 Å². The standard InChI is InChI=1S/C20H16IN3O3/c21-19-12-16(6-11-20(19)27-14-15-4-2-1-3-5-15)13-22-23-17-7-9-18(10-8-17)24(25)26/h1-13,23H,14H2/b22-13+. The zero-order valence-corrected chi connectivity index (χ0v) is 16.4. The second-order valence-corrected chi connectivity index (χ2v) is 6.80. The van der Waals surface area contributed by atoms with Crippen LogP contribution >= 0.6 is 22.6 Å². The highest BCUT2D eigenvalue weighted by Crippen LogP contribution is 2.23. The molecule has 0 fully saturated rings. The molecule has 136 valence electrons. The average Bonchev–Trinajstić information content (AvgIpc) is 2.68. The molecule has 0 saturated carbocycles. The highest BCUT2D eigenvalue weighted by molar-refractivity contribution is 14.1. The molecule has 0 amide bonds. The Hall–Kier alpha value is -2.94. The molecular formula is C20H16IN3O3. The fourth-order valence-corrected chi connectivity index (χ4v) is 2.98. The lowest BCUT2D eigenvalue weighted by atomic mass is 10.2. The Morgan fingerprint density at radius 3 is 2.48 bits per heavy atom. The van der Waals surface area contributed by atoms with E-state index in [2.05, 4.69) is 33.1 Å². The third-order valence-corrected chi connectivity index (χ3v) is 4.52. The Morgan fingerprint density at radius 2 is 1.81 bits per heavy atom. The number of ether oxygens (including phenoxy) is 1. The van der Waals surface area contributed by atoms with E-state index in [0.29, 0.717) is 12.3 Å². The molecule has 0 aromatic heterocycles. The van der Waals surface area contributed by atoms with Crippen LogP contribution in [-0.2, 0) is 6.61 Å². The topological polar surface area (TPSA) is 76.8 Å². The number of hydrogen-bond acceptors (Lipinski definition) is 5. The van der Waals surface area contributed by atoms with Crippen LogP contribution < -0.4 is 10.2 Å². The van der Waals surface area contributed by atoms with Crippen LogP contribution in [0.5, 0.6) is 5.75 Å². The Morgan fingerprint density at radius 1 is 1.07 bits per heavy atom. The lowest BCUT2D eigenvalue weighted by Crippen LogP contribution is -1.98. The van der Waals surface area contributed by atoms with Gasteiger partial charge < -0.3 is 4.74 Å². The molecule has 7 heteroatoms. The summed E-state index contributed by atoms with van der Waals surface area (Å²) in [6.07, 6.45) is 1.69. The molecule has 1 N–H and O–H groups in total. The summed E-state index contributed by atoms with van der Waals surface area (Å²) in [5, 5.41) is 14.8. The maximum absolute atomic E-state index is 10.6. The number of rotatable bonds is 7. The largest absolute Gasteiger partial charge is 0.488 e. The number of hydrazone groups is 1. The molecule has 3 rings (SSSR count). The van der Waals surface area contributed by atoms with Gasteiger partial charge >= 0.3 is 0 Å². The van der Waals surface area contributed by atoms with E-state index >= 15 is 0 Å². The second-order valence-electron chi connectivity index (χ2n) is 5.64. The monoisotopic (exact) mass is 473 g/mol. The van der Waals surface area contributed by atoms with Gasteiger partial charge in [-0.1, -0.05) is 30.3 Å². The maximum Gasteiger partial charge on any atom is 0.269 e. The van der Waals surface area contributed by atoms with Gasteiger partial charge in [0, 0.05) is 12.1 Å². The van der Waals surface area contributed by atoms with Gasteiger partial charge in [0.1, 0.15) is 12.4 Å². The van der Waals surface area contributed by atoms with Crippen LogP contribution in [0.4, 0.5) is 11.4 Å². The van der Waals surface area contributed by atoms with E-state index in [1.165, 1.54) is 12.1 Å². The summed E-state index contributed by atoms with van der Waals surface area (Å²) in [5.74, 6) is 0.819. The van der Waals surface area contributed by atoms with Gasteiger partial charge in [-0.15, -0.1) is 0 Å². The molecule has 0 aliphatic carbocycles. The number of nitrogens with one attached hydrogen (secondary N) is 1. The number of halogens is 1. The summed E-state index contributed by atoms with van der Waals surface area (Å²) in [7, 11) is 0. The summed E-state index contributed by atoms with van der Waals surface area (Å²) in [5.41, 5.74) is 5.61. The number of nitro benzene ring substituents is 1. The first-order valence-corrected chi connectivity index (χ1v) is 9.19. The minimum Gasteiger partial charge on any atom is -0.488 e. The van der Waals surface area contributed by atoms with Gasteiger partial charge in [0.2, 0.25) is 0 Å². The first-order valence-electron chi connectivity index (χ1n) is 8.11. The van der Waals surface area contributed by atoms with E-state index in [9.17, 15) is 10.1 Å². The third-order valence-electron chi connectivity index (χ3n) is 3.68. The van der Waals surface area contributed by atoms with Crippen LogP contribution in [0.25, 0.3) is 0 Å². The van der Waals surface area contributed by atoms with E-state index < -0.39 is 4.92 Å². The first kappa shape index (κ1) is 18.8. The molecule has 0 radical (unpaired) electrons. The Bertz CT molecular complexity index is 944. The molecule has 0 bridgehead atoms. The zero-order chi connectivity index (χ0) is 19.1. The third kappa shape index (κ3) is 5.52. The van der Waals surface area contributed by atoms with Crippen molar-refractivity contribution in [2.75, 3.05) is 5.43 Å². The molecule has 0 spiro atoms. The van der Waals surface area contributed by atoms with Crippen molar-refractivity contribution in [3.63, 3.8) is 0 Å². The predicted molar refractivity (Wildman–Crippen MR) is 114 cm³/mol. The number of hydrogen-bond donors (Lipinski definition) is 1. The highest BCUT2D eigenvalue weighted by Gasteiger charge is 2.04. The first-order chi connectivity index (χ1) is 13.1. The van der Waals surface area contributed by atoms with Crippen molar-refractivity contribution in [3.05, 3.63) is 97.6 Å². The van der Waals surface area contributed by atoms with Crippen LogP contribution in [0.3, 0.4) is 0 Å². The molecule has 0 atom stereocenters. The van der Waals surface area contributed by atoms with Crippen LogP contribution in [0.15, 0.2) is 77.9 Å². The lowest BCUT2D eigenvalue weighted by molar-refractivity contribution is -0.384. The van der Waals surface area contributed by atoms with Gasteiger partial charge in [-0.3, -0.25) is 15.5 Å². The number of nitro groups is 1. The molecular weight excluding hydrogens is 457 g/mol. The quantitative estimate of drug-likeness (QED) is 0.221. The summed E-state index contributed by atoms with van der Waals surface area (Å²) in [4.78, 5) is 10.2. The van der Waals surface area contributed by atoms with Crippen LogP contribution in [0.2, 0.25) is 0 Å². The summed E-state index contributed by atoms with van der Waals surface area (Å²) < 4.78 is 6.85. The molecule has 0 aliphatic heterocycles. The Balaban J connectivity index is 1.58. The molecule has 0 saturated heterocycles. The molecule has 27 heavy (non-hydrogen) atoms. The SMILES string of the molecule is O=[N+]([O-])c1ccc(N/N=C/c2ccc(OCc3ccccc3)c(I)c2)cc1. The van der Waals surface area contributed by atoms with Crippen molar-refractivity contribution >= 4 is 40.2 Å². The molecule has 0 heterocycles. The smallest absolute Gasteiger partial charge is 0.269 e. The van der Waals surface area contributed by atoms with Crippen molar-refractivity contribution in [1.29, 1.82) is 0 Å². The normalized spacial score (nSPS) is 10.7. The van der Waals surface area contributed by atoms with E-state index in [-0.39, 0.29) is 5.69 Å². The molecule has 3 aromatic rings. The van der Waals surface area contributed by atoms with E-state index in [1.807, 2.05) is 48.5 Å². The van der Waals surface area contributed by atoms with Crippen LogP contribution in [0, 0.1) is 13.7 Å². The predicted octanol–water partition coefficient (Wildman–Crippen LogP) is 5.22. The minimum absolute atomic E-state index is 0.0465. The number of anilines is 1. The lowest BCUT2D eigenvalue weighted by Gasteiger charge is -2.09. The van der Waals surface area contributed by atoms with Gasteiger partial charge in [0.05, 0.1) is 20.4 Å². The zero-order valence-electron chi connectivity index (χ0n) is 14.2. The van der Waals surface area contributed by atoms with Gasteiger partial charge in [-0.05, 0) is 64.0 Å². The average molecular weight is 473 g/mol. The van der Waals surface area contributed by atoms with Crippen molar-refractivity contribution in [1.82, 2.24) is 0 Å². The van der Waals surface area contributed by atoms with Gasteiger partial charge in [0.25, 0.3) is 5.69 Å². The van der Waals surface area contributed by atoms with Gasteiger partial charge in [-0.2, -0.15) is 5.10 Å². The maximum atomic E-state index is 10.6. The van der Waals surface area contributed by atoms with Crippen molar-refractivity contribution in [3.8, 4) is 5.75 Å². The van der Waals surface area contributed by atoms with E-state index in [4.69, 9.17) is 4.74 Å². The summed E-state index contributed by atoms with van der Waals surface area (Å²) >= 11 is 2.23. The van der Waals surface area contributed by atoms with Crippen LogP contribution in [0.1, 0.15) is 11.1 Å². The molecule has 3 aromatic carbocycles. The summed E-state index contributed by atoms with van der Waals surface area (Å²) in [6, 6.07) is 21.9. The van der Waals surface area contributed by atoms with Crippen molar-refractivity contribution in [2.24, 2.45) is 5.10 Å². The second kappa shape index (κ2) is 9.13. The van der Waals surface area contributed by atoms with Gasteiger partial charge in [0.15, 0.2) is 0 Å². The van der Waals surface area contributed by atoms with Crippen molar-refractivity contribution < 1.29 is 9.66 Å². The minimum atomic E-state index is -0.434. The van der Waals surface area contributed by atoms with E-state index in [0.717, 1.165) is 20.4 Å². The van der Waals surface area contributed by atoms with Crippen molar-refractivity contribution in [2.45, 2.75) is 6.61 Å². The molecule has 0 aliphatic rings. The van der Waals surface area contributed by atoms with E-state index in [1.54, 1.807) is 18.3 Å². The Labute approximate surface area is 170 Å². The fraction of sp³-hybridized carbons (Fsp3) is 0.0500. The fourth-order valence-electron chi connectivity index (χ4n) is 2.29. The molecule has 0 unspecified atom stereocenters. The van der Waals surface area contributed by atoms with Gasteiger partial charge in [-0.25, -0.2) is 0 Å².